The van der Waals surface area contributed by atoms with Gasteiger partial charge in [0.2, 0.25) is 0 Å². The average molecular weight is 242 g/mol. The quantitative estimate of drug-likeness (QED) is 0.811. The van der Waals surface area contributed by atoms with Crippen LogP contribution in [-0.4, -0.2) is 23.6 Å². The summed E-state index contributed by atoms with van der Waals surface area (Å²) in [4.78, 5) is 8.70. The van der Waals surface area contributed by atoms with Gasteiger partial charge in [-0.25, -0.2) is 9.97 Å². The second-order valence-electron chi connectivity index (χ2n) is 4.05. The lowest BCUT2D eigenvalue weighted by Gasteiger charge is -2.07. The Balaban J connectivity index is 1.93. The molecule has 0 saturated heterocycles. The molecule has 2 aromatic rings. The topological polar surface area (TPSA) is 49.8 Å². The molecule has 1 aromatic carbocycles. The SMILES string of the molecule is CNCCc1nccc(NCc2ccccc2)n1. The van der Waals surface area contributed by atoms with Gasteiger partial charge in [-0.2, -0.15) is 0 Å². The lowest BCUT2D eigenvalue weighted by atomic mass is 10.2. The lowest BCUT2D eigenvalue weighted by Crippen LogP contribution is -2.13. The first kappa shape index (κ1) is 12.5. The summed E-state index contributed by atoms with van der Waals surface area (Å²) in [5.74, 6) is 1.74. The van der Waals surface area contributed by atoms with Crippen molar-refractivity contribution in [2.24, 2.45) is 0 Å². The van der Waals surface area contributed by atoms with E-state index in [0.717, 1.165) is 31.2 Å². The van der Waals surface area contributed by atoms with Crippen LogP contribution in [0.4, 0.5) is 5.82 Å². The zero-order valence-corrected chi connectivity index (χ0v) is 10.6. The van der Waals surface area contributed by atoms with E-state index < -0.39 is 0 Å². The Labute approximate surface area is 107 Å². The number of hydrogen-bond acceptors (Lipinski definition) is 4. The Morgan fingerprint density at radius 1 is 1.11 bits per heavy atom. The first-order valence-corrected chi connectivity index (χ1v) is 6.13. The number of nitrogens with one attached hydrogen (secondary N) is 2. The minimum Gasteiger partial charge on any atom is -0.366 e. The van der Waals surface area contributed by atoms with E-state index in [0.29, 0.717) is 0 Å². The number of hydrogen-bond donors (Lipinski definition) is 2. The predicted molar refractivity (Wildman–Crippen MR) is 73.4 cm³/mol. The molecule has 0 fully saturated rings. The van der Waals surface area contributed by atoms with Crippen LogP contribution in [0.1, 0.15) is 11.4 Å². The molecule has 4 heteroatoms. The minimum atomic E-state index is 0.781. The van der Waals surface area contributed by atoms with E-state index >= 15 is 0 Å². The van der Waals surface area contributed by atoms with Gasteiger partial charge in [-0.05, 0) is 18.7 Å². The molecule has 94 valence electrons. The summed E-state index contributed by atoms with van der Waals surface area (Å²) in [6, 6.07) is 12.2. The maximum Gasteiger partial charge on any atom is 0.131 e. The summed E-state index contributed by atoms with van der Waals surface area (Å²) in [6.07, 6.45) is 2.64. The molecule has 18 heavy (non-hydrogen) atoms. The van der Waals surface area contributed by atoms with Gasteiger partial charge >= 0.3 is 0 Å². The van der Waals surface area contributed by atoms with E-state index in [2.05, 4.69) is 32.7 Å². The third kappa shape index (κ3) is 3.82. The van der Waals surface area contributed by atoms with Crippen molar-refractivity contribution >= 4 is 5.82 Å². The minimum absolute atomic E-state index is 0.781. The Morgan fingerprint density at radius 2 is 1.94 bits per heavy atom. The molecule has 1 aromatic heterocycles. The van der Waals surface area contributed by atoms with Crippen LogP contribution in [0, 0.1) is 0 Å². The molecule has 2 N–H and O–H groups in total. The van der Waals surface area contributed by atoms with Crippen LogP contribution in [0.25, 0.3) is 0 Å². The fraction of sp³-hybridized carbons (Fsp3) is 0.286. The zero-order chi connectivity index (χ0) is 12.6. The molecule has 0 amide bonds. The number of rotatable bonds is 6. The van der Waals surface area contributed by atoms with Gasteiger partial charge in [-0.1, -0.05) is 30.3 Å². The highest BCUT2D eigenvalue weighted by molar-refractivity contribution is 5.34. The van der Waals surface area contributed by atoms with Crippen molar-refractivity contribution in [1.82, 2.24) is 15.3 Å². The zero-order valence-electron chi connectivity index (χ0n) is 10.6. The molecule has 0 aliphatic rings. The van der Waals surface area contributed by atoms with Crippen LogP contribution in [0.3, 0.4) is 0 Å². The highest BCUT2D eigenvalue weighted by Gasteiger charge is 1.99. The fourth-order valence-electron chi connectivity index (χ4n) is 1.64. The summed E-state index contributed by atoms with van der Waals surface area (Å²) in [5, 5.41) is 6.40. The van der Waals surface area contributed by atoms with Gasteiger partial charge < -0.3 is 10.6 Å². The molecular weight excluding hydrogens is 224 g/mol. The van der Waals surface area contributed by atoms with Gasteiger partial charge in [-0.15, -0.1) is 0 Å². The van der Waals surface area contributed by atoms with Gasteiger partial charge in [0.05, 0.1) is 0 Å². The average Bonchev–Trinajstić information content (AvgIpc) is 2.44. The highest BCUT2D eigenvalue weighted by atomic mass is 15.0. The molecule has 1 heterocycles. The Bertz CT molecular complexity index is 470. The van der Waals surface area contributed by atoms with Crippen LogP contribution < -0.4 is 10.6 Å². The van der Waals surface area contributed by atoms with Crippen LogP contribution in [-0.2, 0) is 13.0 Å². The van der Waals surface area contributed by atoms with Crippen LogP contribution in [0.15, 0.2) is 42.6 Å². The molecule has 0 aliphatic carbocycles. The Hall–Kier alpha value is -1.94. The lowest BCUT2D eigenvalue weighted by molar-refractivity contribution is 0.755. The standard InChI is InChI=1S/C14H18N4/c1-15-9-7-13-16-10-8-14(18-13)17-11-12-5-3-2-4-6-12/h2-6,8,10,15H,7,9,11H2,1H3,(H,16,17,18). The third-order valence-corrected chi connectivity index (χ3v) is 2.62. The van der Waals surface area contributed by atoms with Crippen LogP contribution >= 0.6 is 0 Å². The summed E-state index contributed by atoms with van der Waals surface area (Å²) < 4.78 is 0. The van der Waals surface area contributed by atoms with Crippen molar-refractivity contribution in [2.75, 3.05) is 18.9 Å². The van der Waals surface area contributed by atoms with Crippen molar-refractivity contribution in [1.29, 1.82) is 0 Å². The molecule has 0 spiro atoms. The van der Waals surface area contributed by atoms with Gasteiger partial charge in [-0.3, -0.25) is 0 Å². The van der Waals surface area contributed by atoms with Crippen molar-refractivity contribution in [3.05, 3.63) is 54.0 Å². The molecule has 0 saturated carbocycles. The molecule has 0 unspecified atom stereocenters. The summed E-state index contributed by atoms with van der Waals surface area (Å²) >= 11 is 0. The second kappa shape index (κ2) is 6.71. The molecule has 0 bridgehead atoms. The second-order valence-corrected chi connectivity index (χ2v) is 4.05. The van der Waals surface area contributed by atoms with Crippen molar-refractivity contribution in [3.8, 4) is 0 Å². The molecule has 0 atom stereocenters. The number of likely N-dealkylation sites (N-methyl/N-ethyl adjacent to an activating group) is 1. The number of anilines is 1. The van der Waals surface area contributed by atoms with Gasteiger partial charge in [0.1, 0.15) is 11.6 Å². The maximum atomic E-state index is 4.46. The van der Waals surface area contributed by atoms with Gasteiger partial charge in [0.15, 0.2) is 0 Å². The van der Waals surface area contributed by atoms with E-state index in [1.165, 1.54) is 5.56 Å². The molecule has 0 aliphatic heterocycles. The van der Waals surface area contributed by atoms with Crippen molar-refractivity contribution < 1.29 is 0 Å². The van der Waals surface area contributed by atoms with Gasteiger partial charge in [0.25, 0.3) is 0 Å². The monoisotopic (exact) mass is 242 g/mol. The molecule has 4 nitrogen and oxygen atoms in total. The van der Waals surface area contributed by atoms with Crippen molar-refractivity contribution in [2.45, 2.75) is 13.0 Å². The van der Waals surface area contributed by atoms with Gasteiger partial charge in [0, 0.05) is 25.7 Å². The van der Waals surface area contributed by atoms with E-state index in [4.69, 9.17) is 0 Å². The smallest absolute Gasteiger partial charge is 0.131 e. The molecular formula is C14H18N4. The maximum absolute atomic E-state index is 4.46. The predicted octanol–water partition coefficient (Wildman–Crippen LogP) is 1.85. The van der Waals surface area contributed by atoms with E-state index in [-0.39, 0.29) is 0 Å². The Kier molecular flexibility index (Phi) is 4.67. The highest BCUT2D eigenvalue weighted by Crippen LogP contribution is 2.06. The number of aromatic nitrogens is 2. The normalized spacial score (nSPS) is 10.3. The van der Waals surface area contributed by atoms with E-state index in [1.807, 2.05) is 31.3 Å². The summed E-state index contributed by atoms with van der Waals surface area (Å²) in [7, 11) is 1.93. The number of benzene rings is 1. The fourth-order valence-corrected chi connectivity index (χ4v) is 1.64. The summed E-state index contributed by atoms with van der Waals surface area (Å²) in [6.45, 7) is 1.67. The first-order chi connectivity index (χ1) is 8.88. The van der Waals surface area contributed by atoms with Crippen LogP contribution in [0.5, 0.6) is 0 Å². The largest absolute Gasteiger partial charge is 0.366 e. The van der Waals surface area contributed by atoms with E-state index in [9.17, 15) is 0 Å². The molecule has 0 radical (unpaired) electrons. The first-order valence-electron chi connectivity index (χ1n) is 6.13. The van der Waals surface area contributed by atoms with Crippen LogP contribution in [0.2, 0.25) is 0 Å². The van der Waals surface area contributed by atoms with E-state index in [1.54, 1.807) is 6.20 Å². The third-order valence-electron chi connectivity index (χ3n) is 2.62. The summed E-state index contributed by atoms with van der Waals surface area (Å²) in [5.41, 5.74) is 1.24. The van der Waals surface area contributed by atoms with Crippen molar-refractivity contribution in [3.63, 3.8) is 0 Å². The Morgan fingerprint density at radius 3 is 2.72 bits per heavy atom. The number of nitrogens with zero attached hydrogens (tertiary/aromatic N) is 2. The molecule has 2 rings (SSSR count).